The van der Waals surface area contributed by atoms with Gasteiger partial charge in [-0.05, 0) is 56.6 Å². The lowest BCUT2D eigenvalue weighted by Gasteiger charge is -2.32. The van der Waals surface area contributed by atoms with E-state index < -0.39 is 11.7 Å². The van der Waals surface area contributed by atoms with E-state index in [1.807, 2.05) is 0 Å². The minimum atomic E-state index is -4.28. The Morgan fingerprint density at radius 1 is 1.16 bits per heavy atom. The quantitative estimate of drug-likeness (QED) is 0.896. The zero-order valence-corrected chi connectivity index (χ0v) is 11.0. The van der Waals surface area contributed by atoms with Crippen molar-refractivity contribution >= 4 is 0 Å². The maximum absolute atomic E-state index is 12.5. The van der Waals surface area contributed by atoms with Gasteiger partial charge in [0.15, 0.2) is 0 Å². The van der Waals surface area contributed by atoms with Gasteiger partial charge in [0.05, 0.1) is 5.56 Å². The third-order valence-corrected chi connectivity index (χ3v) is 3.89. The van der Waals surface area contributed by atoms with E-state index in [1.54, 1.807) is 0 Å². The van der Waals surface area contributed by atoms with Crippen LogP contribution < -0.4 is 5.73 Å². The first-order chi connectivity index (χ1) is 8.88. The highest BCUT2D eigenvalue weighted by Gasteiger charge is 2.30. The van der Waals surface area contributed by atoms with Crippen molar-refractivity contribution in [1.29, 1.82) is 0 Å². The lowest BCUT2D eigenvalue weighted by Crippen LogP contribution is -2.35. The molecule has 0 saturated carbocycles. The molecule has 0 radical (unpaired) electrons. The van der Waals surface area contributed by atoms with Gasteiger partial charge < -0.3 is 10.6 Å². The van der Waals surface area contributed by atoms with Crippen LogP contribution in [0.15, 0.2) is 24.3 Å². The second kappa shape index (κ2) is 5.51. The number of hydrogen-bond donors (Lipinski definition) is 1. The molecule has 0 bridgehead atoms. The normalized spacial score (nSPS) is 20.5. The summed E-state index contributed by atoms with van der Waals surface area (Å²) >= 11 is 0. The Morgan fingerprint density at radius 3 is 2.16 bits per heavy atom. The predicted molar refractivity (Wildman–Crippen MR) is 68.6 cm³/mol. The number of piperidine rings is 1. The zero-order valence-electron chi connectivity index (χ0n) is 11.0. The van der Waals surface area contributed by atoms with Crippen molar-refractivity contribution in [3.05, 3.63) is 35.4 Å². The minimum Gasteiger partial charge on any atom is -0.324 e. The van der Waals surface area contributed by atoms with E-state index in [-0.39, 0.29) is 6.04 Å². The molecule has 1 aromatic carbocycles. The van der Waals surface area contributed by atoms with Crippen LogP contribution in [0, 0.1) is 5.92 Å². The second-order valence-electron chi connectivity index (χ2n) is 5.29. The largest absolute Gasteiger partial charge is 0.416 e. The third kappa shape index (κ3) is 3.48. The summed E-state index contributed by atoms with van der Waals surface area (Å²) < 4.78 is 37.4. The Morgan fingerprint density at radius 2 is 1.68 bits per heavy atom. The molecule has 0 spiro atoms. The van der Waals surface area contributed by atoms with Gasteiger partial charge in [0.25, 0.3) is 0 Å². The highest BCUT2D eigenvalue weighted by Crippen LogP contribution is 2.32. The molecule has 2 nitrogen and oxygen atoms in total. The summed E-state index contributed by atoms with van der Waals surface area (Å²) in [6.45, 7) is 2.00. The van der Waals surface area contributed by atoms with Crippen LogP contribution in [0.3, 0.4) is 0 Å². The van der Waals surface area contributed by atoms with Crippen LogP contribution in [0.1, 0.15) is 30.0 Å². The van der Waals surface area contributed by atoms with Gasteiger partial charge >= 0.3 is 6.18 Å². The Kier molecular flexibility index (Phi) is 4.16. The number of nitrogens with two attached hydrogens (primary N) is 1. The Labute approximate surface area is 111 Å². The first kappa shape index (κ1) is 14.3. The van der Waals surface area contributed by atoms with Crippen LogP contribution in [-0.4, -0.2) is 25.0 Å². The van der Waals surface area contributed by atoms with Gasteiger partial charge in [0.1, 0.15) is 0 Å². The monoisotopic (exact) mass is 272 g/mol. The molecule has 2 N–H and O–H groups in total. The fourth-order valence-corrected chi connectivity index (χ4v) is 2.55. The van der Waals surface area contributed by atoms with Crippen molar-refractivity contribution in [3.8, 4) is 0 Å². The average molecular weight is 272 g/mol. The molecule has 1 aliphatic rings. The van der Waals surface area contributed by atoms with Gasteiger partial charge in [0.2, 0.25) is 0 Å². The molecule has 106 valence electrons. The van der Waals surface area contributed by atoms with Crippen molar-refractivity contribution in [2.45, 2.75) is 25.1 Å². The first-order valence-electron chi connectivity index (χ1n) is 6.49. The summed E-state index contributed by atoms with van der Waals surface area (Å²) in [5.74, 6) is 0.355. The topological polar surface area (TPSA) is 29.3 Å². The van der Waals surface area contributed by atoms with Crippen LogP contribution >= 0.6 is 0 Å². The van der Waals surface area contributed by atoms with Crippen molar-refractivity contribution in [2.24, 2.45) is 11.7 Å². The van der Waals surface area contributed by atoms with Crippen molar-refractivity contribution in [3.63, 3.8) is 0 Å². The summed E-state index contributed by atoms with van der Waals surface area (Å²) in [4.78, 5) is 2.25. The Bertz CT molecular complexity index is 406. The molecule has 1 aromatic rings. The van der Waals surface area contributed by atoms with E-state index in [2.05, 4.69) is 11.9 Å². The first-order valence-corrected chi connectivity index (χ1v) is 6.49. The number of likely N-dealkylation sites (tertiary alicyclic amines) is 1. The van der Waals surface area contributed by atoms with Crippen molar-refractivity contribution in [2.75, 3.05) is 20.1 Å². The molecule has 1 heterocycles. The summed E-state index contributed by atoms with van der Waals surface area (Å²) in [5, 5.41) is 0. The maximum Gasteiger partial charge on any atom is 0.416 e. The maximum atomic E-state index is 12.5. The van der Waals surface area contributed by atoms with Crippen molar-refractivity contribution in [1.82, 2.24) is 4.90 Å². The van der Waals surface area contributed by atoms with Crippen LogP contribution in [0.2, 0.25) is 0 Å². The van der Waals surface area contributed by atoms with E-state index in [0.29, 0.717) is 5.92 Å². The summed E-state index contributed by atoms with van der Waals surface area (Å²) in [5.41, 5.74) is 6.35. The van der Waals surface area contributed by atoms with Gasteiger partial charge in [-0.15, -0.1) is 0 Å². The molecule has 0 amide bonds. The van der Waals surface area contributed by atoms with Crippen LogP contribution in [0.5, 0.6) is 0 Å². The lowest BCUT2D eigenvalue weighted by atomic mass is 9.86. The molecule has 1 atom stereocenters. The molecule has 0 aliphatic carbocycles. The fourth-order valence-electron chi connectivity index (χ4n) is 2.55. The van der Waals surface area contributed by atoms with E-state index in [9.17, 15) is 13.2 Å². The molecule has 1 unspecified atom stereocenters. The molecule has 1 saturated heterocycles. The average Bonchev–Trinajstić information content (AvgIpc) is 2.38. The van der Waals surface area contributed by atoms with Crippen LogP contribution in [-0.2, 0) is 6.18 Å². The van der Waals surface area contributed by atoms with Gasteiger partial charge in [-0.25, -0.2) is 0 Å². The van der Waals surface area contributed by atoms with Gasteiger partial charge in [-0.1, -0.05) is 12.1 Å². The summed E-state index contributed by atoms with van der Waals surface area (Å²) in [7, 11) is 2.07. The Balaban J connectivity index is 2.05. The molecular weight excluding hydrogens is 253 g/mol. The van der Waals surface area contributed by atoms with Gasteiger partial charge in [-0.2, -0.15) is 13.2 Å². The number of alkyl halides is 3. The lowest BCUT2D eigenvalue weighted by molar-refractivity contribution is -0.137. The molecule has 0 aromatic heterocycles. The standard InChI is InChI=1S/C14H19F3N2/c1-19-8-6-11(7-9-19)13(18)10-2-4-12(5-3-10)14(15,16)17/h2-5,11,13H,6-9,18H2,1H3. The van der Waals surface area contributed by atoms with Gasteiger partial charge in [-0.3, -0.25) is 0 Å². The molecule has 19 heavy (non-hydrogen) atoms. The molecule has 5 heteroatoms. The molecule has 1 aliphatic heterocycles. The summed E-state index contributed by atoms with van der Waals surface area (Å²) in [6.07, 6.45) is -2.28. The highest BCUT2D eigenvalue weighted by molar-refractivity contribution is 5.27. The van der Waals surface area contributed by atoms with E-state index in [1.165, 1.54) is 12.1 Å². The number of nitrogens with zero attached hydrogens (tertiary/aromatic N) is 1. The molecular formula is C14H19F3N2. The van der Waals surface area contributed by atoms with E-state index in [4.69, 9.17) is 5.73 Å². The number of benzene rings is 1. The number of hydrogen-bond acceptors (Lipinski definition) is 2. The molecule has 2 rings (SSSR count). The Hall–Kier alpha value is -1.07. The smallest absolute Gasteiger partial charge is 0.324 e. The summed E-state index contributed by atoms with van der Waals surface area (Å²) in [6, 6.07) is 5.07. The van der Waals surface area contributed by atoms with Crippen molar-refractivity contribution < 1.29 is 13.2 Å². The number of halogens is 3. The fraction of sp³-hybridized carbons (Fsp3) is 0.571. The highest BCUT2D eigenvalue weighted by atomic mass is 19.4. The van der Waals surface area contributed by atoms with E-state index in [0.717, 1.165) is 43.6 Å². The van der Waals surface area contributed by atoms with Crippen LogP contribution in [0.25, 0.3) is 0 Å². The minimum absolute atomic E-state index is 0.170. The zero-order chi connectivity index (χ0) is 14.0. The third-order valence-electron chi connectivity index (χ3n) is 3.89. The second-order valence-corrected chi connectivity index (χ2v) is 5.29. The predicted octanol–water partition coefficient (Wildman–Crippen LogP) is 3.05. The SMILES string of the molecule is CN1CCC(C(N)c2ccc(C(F)(F)F)cc2)CC1. The van der Waals surface area contributed by atoms with Gasteiger partial charge in [0, 0.05) is 6.04 Å². The van der Waals surface area contributed by atoms with Crippen LogP contribution in [0.4, 0.5) is 13.2 Å². The van der Waals surface area contributed by atoms with E-state index >= 15 is 0 Å². The number of rotatable bonds is 2. The molecule has 1 fully saturated rings.